The van der Waals surface area contributed by atoms with Crippen LogP contribution in [0.3, 0.4) is 0 Å². The molecule has 0 radical (unpaired) electrons. The van der Waals surface area contributed by atoms with Crippen molar-refractivity contribution in [1.29, 1.82) is 0 Å². The lowest BCUT2D eigenvalue weighted by atomic mass is 10.0. The first-order valence-corrected chi connectivity index (χ1v) is 6.24. The van der Waals surface area contributed by atoms with E-state index in [9.17, 15) is 4.39 Å². The first-order chi connectivity index (χ1) is 8.20. The Hall–Kier alpha value is -1.04. The minimum Gasteiger partial charge on any atom is -0.312 e. The molecule has 0 amide bonds. The van der Waals surface area contributed by atoms with Gasteiger partial charge in [0.05, 0.1) is 11.1 Å². The van der Waals surface area contributed by atoms with Crippen LogP contribution in [0.15, 0.2) is 24.4 Å². The predicted octanol–water partition coefficient (Wildman–Crippen LogP) is 2.83. The van der Waals surface area contributed by atoms with Crippen molar-refractivity contribution in [2.75, 3.05) is 7.05 Å². The quantitative estimate of drug-likeness (QED) is 0.929. The molecule has 1 heterocycles. The molecule has 6 heteroatoms. The third kappa shape index (κ3) is 3.00. The van der Waals surface area contributed by atoms with Crippen molar-refractivity contribution in [3.05, 3.63) is 45.7 Å². The molecular formula is C11H11ClFN3S. The maximum absolute atomic E-state index is 13.6. The van der Waals surface area contributed by atoms with Crippen molar-refractivity contribution in [3.8, 4) is 0 Å². The normalized spacial score (nSPS) is 12.6. The van der Waals surface area contributed by atoms with Crippen LogP contribution in [-0.4, -0.2) is 16.6 Å². The van der Waals surface area contributed by atoms with Crippen LogP contribution in [0.5, 0.6) is 0 Å². The summed E-state index contributed by atoms with van der Waals surface area (Å²) in [5, 5.41) is 7.32. The molecule has 0 spiro atoms. The Morgan fingerprint density at radius 2 is 2.35 bits per heavy atom. The number of likely N-dealkylation sites (N-methyl/N-ethyl adjacent to an activating group) is 1. The van der Waals surface area contributed by atoms with Gasteiger partial charge in [0.15, 0.2) is 0 Å². The van der Waals surface area contributed by atoms with Gasteiger partial charge < -0.3 is 5.32 Å². The van der Waals surface area contributed by atoms with E-state index < -0.39 is 0 Å². The summed E-state index contributed by atoms with van der Waals surface area (Å²) in [5.74, 6) is -0.282. The highest BCUT2D eigenvalue weighted by molar-refractivity contribution is 7.05. The molecule has 17 heavy (non-hydrogen) atoms. The van der Waals surface area contributed by atoms with E-state index in [4.69, 9.17) is 11.6 Å². The number of benzene rings is 1. The minimum atomic E-state index is -0.282. The fourth-order valence-electron chi connectivity index (χ4n) is 1.58. The standard InChI is InChI=1S/C11H11ClFN3S/c1-14-10(11-6-15-16-17-11)4-7-2-3-8(12)5-9(7)13/h2-3,5-6,10,14H,4H2,1H3. The van der Waals surface area contributed by atoms with Gasteiger partial charge >= 0.3 is 0 Å². The molecule has 1 N–H and O–H groups in total. The third-order valence-electron chi connectivity index (χ3n) is 2.51. The van der Waals surface area contributed by atoms with Crippen LogP contribution in [0.2, 0.25) is 5.02 Å². The lowest BCUT2D eigenvalue weighted by Crippen LogP contribution is -2.18. The van der Waals surface area contributed by atoms with Crippen LogP contribution in [0, 0.1) is 5.82 Å². The average molecular weight is 272 g/mol. The zero-order chi connectivity index (χ0) is 12.3. The van der Waals surface area contributed by atoms with Gasteiger partial charge in [-0.25, -0.2) is 4.39 Å². The predicted molar refractivity (Wildman–Crippen MR) is 66.8 cm³/mol. The molecule has 1 aromatic carbocycles. The highest BCUT2D eigenvalue weighted by Gasteiger charge is 2.14. The molecule has 0 aliphatic carbocycles. The summed E-state index contributed by atoms with van der Waals surface area (Å²) in [4.78, 5) is 0.988. The lowest BCUT2D eigenvalue weighted by molar-refractivity contribution is 0.559. The first kappa shape index (κ1) is 12.4. The first-order valence-electron chi connectivity index (χ1n) is 5.09. The molecule has 1 aromatic heterocycles. The Morgan fingerprint density at radius 3 is 2.94 bits per heavy atom. The fraction of sp³-hybridized carbons (Fsp3) is 0.273. The zero-order valence-electron chi connectivity index (χ0n) is 9.15. The van der Waals surface area contributed by atoms with E-state index in [2.05, 4.69) is 14.9 Å². The molecule has 1 atom stereocenters. The number of aromatic nitrogens is 2. The van der Waals surface area contributed by atoms with Crippen LogP contribution in [-0.2, 0) is 6.42 Å². The molecule has 0 saturated heterocycles. The number of rotatable bonds is 4. The van der Waals surface area contributed by atoms with Crippen LogP contribution in [0.1, 0.15) is 16.5 Å². The summed E-state index contributed by atoms with van der Waals surface area (Å²) in [5.41, 5.74) is 0.627. The molecular weight excluding hydrogens is 261 g/mol. The van der Waals surface area contributed by atoms with Gasteiger partial charge in [-0.1, -0.05) is 22.2 Å². The maximum Gasteiger partial charge on any atom is 0.127 e. The van der Waals surface area contributed by atoms with Crippen LogP contribution in [0.25, 0.3) is 0 Å². The van der Waals surface area contributed by atoms with Crippen LogP contribution in [0.4, 0.5) is 4.39 Å². The number of halogens is 2. The second-order valence-corrected chi connectivity index (χ2v) is 4.85. The van der Waals surface area contributed by atoms with E-state index in [-0.39, 0.29) is 11.9 Å². The van der Waals surface area contributed by atoms with E-state index in [1.807, 2.05) is 7.05 Å². The highest BCUT2D eigenvalue weighted by Crippen LogP contribution is 2.23. The number of nitrogens with one attached hydrogen (secondary N) is 1. The van der Waals surface area contributed by atoms with E-state index >= 15 is 0 Å². The van der Waals surface area contributed by atoms with Crippen LogP contribution >= 0.6 is 23.1 Å². The van der Waals surface area contributed by atoms with Gasteiger partial charge in [-0.15, -0.1) is 5.10 Å². The number of hydrogen-bond donors (Lipinski definition) is 1. The van der Waals surface area contributed by atoms with Crippen molar-refractivity contribution >= 4 is 23.1 Å². The van der Waals surface area contributed by atoms with Gasteiger partial charge in [-0.05, 0) is 42.7 Å². The van der Waals surface area contributed by atoms with Crippen molar-refractivity contribution in [2.45, 2.75) is 12.5 Å². The van der Waals surface area contributed by atoms with Crippen molar-refractivity contribution in [3.63, 3.8) is 0 Å². The Labute approximate surface area is 108 Å². The van der Waals surface area contributed by atoms with E-state index in [0.29, 0.717) is 17.0 Å². The van der Waals surface area contributed by atoms with Gasteiger partial charge in [0.2, 0.25) is 0 Å². The molecule has 2 rings (SSSR count). The Kier molecular flexibility index (Phi) is 4.04. The molecule has 90 valence electrons. The summed E-state index contributed by atoms with van der Waals surface area (Å²) < 4.78 is 17.5. The van der Waals surface area contributed by atoms with E-state index in [0.717, 1.165) is 4.88 Å². The number of hydrogen-bond acceptors (Lipinski definition) is 4. The minimum absolute atomic E-state index is 0.0191. The molecule has 0 aliphatic rings. The second-order valence-electron chi connectivity index (χ2n) is 3.60. The van der Waals surface area contributed by atoms with E-state index in [1.54, 1.807) is 18.3 Å². The van der Waals surface area contributed by atoms with Crippen molar-refractivity contribution in [1.82, 2.24) is 14.9 Å². The van der Waals surface area contributed by atoms with Gasteiger partial charge in [0.1, 0.15) is 5.82 Å². The molecule has 2 aromatic rings. The Morgan fingerprint density at radius 1 is 1.53 bits per heavy atom. The molecule has 0 aliphatic heterocycles. The molecule has 0 saturated carbocycles. The maximum atomic E-state index is 13.6. The van der Waals surface area contributed by atoms with Gasteiger partial charge in [0.25, 0.3) is 0 Å². The topological polar surface area (TPSA) is 37.8 Å². The summed E-state index contributed by atoms with van der Waals surface area (Å²) in [7, 11) is 1.83. The van der Waals surface area contributed by atoms with Crippen molar-refractivity contribution < 1.29 is 4.39 Å². The summed E-state index contributed by atoms with van der Waals surface area (Å²) >= 11 is 7.03. The van der Waals surface area contributed by atoms with E-state index in [1.165, 1.54) is 17.6 Å². The molecule has 1 unspecified atom stereocenters. The van der Waals surface area contributed by atoms with Gasteiger partial charge in [-0.2, -0.15) is 0 Å². The summed E-state index contributed by atoms with van der Waals surface area (Å²) in [6, 6.07) is 4.74. The molecule has 0 fully saturated rings. The van der Waals surface area contributed by atoms with Crippen molar-refractivity contribution in [2.24, 2.45) is 0 Å². The Bertz CT molecular complexity index is 489. The third-order valence-corrected chi connectivity index (χ3v) is 3.52. The molecule has 0 bridgehead atoms. The smallest absolute Gasteiger partial charge is 0.127 e. The van der Waals surface area contributed by atoms with Gasteiger partial charge in [0, 0.05) is 11.1 Å². The summed E-state index contributed by atoms with van der Waals surface area (Å²) in [6.07, 6.45) is 2.24. The molecule has 3 nitrogen and oxygen atoms in total. The zero-order valence-corrected chi connectivity index (χ0v) is 10.7. The van der Waals surface area contributed by atoms with Gasteiger partial charge in [-0.3, -0.25) is 0 Å². The monoisotopic (exact) mass is 271 g/mol. The second kappa shape index (κ2) is 5.53. The Balaban J connectivity index is 2.19. The lowest BCUT2D eigenvalue weighted by Gasteiger charge is -2.14. The largest absolute Gasteiger partial charge is 0.312 e. The summed E-state index contributed by atoms with van der Waals surface area (Å²) in [6.45, 7) is 0. The fourth-order valence-corrected chi connectivity index (χ4v) is 2.35. The number of nitrogens with zero attached hydrogens (tertiary/aromatic N) is 2. The highest BCUT2D eigenvalue weighted by atomic mass is 35.5. The SMILES string of the molecule is CNC(Cc1ccc(Cl)cc1F)c1cnns1. The average Bonchev–Trinajstić information content (AvgIpc) is 2.81. The van der Waals surface area contributed by atoms with Crippen LogP contribution < -0.4 is 5.32 Å².